The molecule has 0 aliphatic carbocycles. The normalized spacial score (nSPS) is 14.6. The van der Waals surface area contributed by atoms with Crippen LogP contribution in [0.5, 0.6) is 11.5 Å². The fourth-order valence-corrected chi connectivity index (χ4v) is 4.50. The first-order chi connectivity index (χ1) is 17.4. The van der Waals surface area contributed by atoms with Crippen molar-refractivity contribution in [2.75, 3.05) is 25.1 Å². The van der Waals surface area contributed by atoms with E-state index in [2.05, 4.69) is 21.3 Å². The van der Waals surface area contributed by atoms with E-state index < -0.39 is 17.1 Å². The zero-order valence-corrected chi connectivity index (χ0v) is 20.2. The molecule has 186 valence electrons. The minimum absolute atomic E-state index is 0.00861. The Morgan fingerprint density at radius 2 is 2.03 bits per heavy atom. The van der Waals surface area contributed by atoms with Gasteiger partial charge in [0, 0.05) is 37.8 Å². The lowest BCUT2D eigenvalue weighted by Crippen LogP contribution is -2.45. The number of nitrogens with zero attached hydrogens (tertiary/aromatic N) is 3. The molecule has 0 spiro atoms. The molecule has 9 heteroatoms. The van der Waals surface area contributed by atoms with Gasteiger partial charge in [-0.15, -0.1) is 0 Å². The van der Waals surface area contributed by atoms with E-state index >= 15 is 0 Å². The molecule has 4 rings (SSSR count). The van der Waals surface area contributed by atoms with Crippen LogP contribution in [0.25, 0.3) is 0 Å². The molecule has 1 aromatic carbocycles. The molecule has 1 fully saturated rings. The third-order valence-electron chi connectivity index (χ3n) is 6.36. The molecular formula is C27H28N4O5. The minimum Gasteiger partial charge on any atom is -0.502 e. The van der Waals surface area contributed by atoms with Crippen LogP contribution in [0.2, 0.25) is 0 Å². The summed E-state index contributed by atoms with van der Waals surface area (Å²) in [6, 6.07) is 13.9. The Kier molecular flexibility index (Phi) is 7.54. The van der Waals surface area contributed by atoms with Crippen molar-refractivity contribution in [1.82, 2.24) is 10.3 Å². The summed E-state index contributed by atoms with van der Waals surface area (Å²) < 4.78 is 11.0. The van der Waals surface area contributed by atoms with Crippen LogP contribution >= 0.6 is 0 Å². The second kappa shape index (κ2) is 11.0. The fourth-order valence-electron chi connectivity index (χ4n) is 4.50. The molecule has 2 aromatic heterocycles. The number of aromatic nitrogens is 1. The van der Waals surface area contributed by atoms with Gasteiger partial charge in [-0.25, -0.2) is 4.98 Å². The largest absolute Gasteiger partial charge is 0.502 e. The van der Waals surface area contributed by atoms with Gasteiger partial charge in [0.2, 0.25) is 17.1 Å². The minimum atomic E-state index is -0.657. The number of ether oxygens (including phenoxy) is 1. The number of benzene rings is 1. The summed E-state index contributed by atoms with van der Waals surface area (Å²) in [7, 11) is 1.56. The molecule has 1 unspecified atom stereocenters. The molecule has 0 radical (unpaired) electrons. The maximum Gasteiger partial charge on any atom is 0.227 e. The van der Waals surface area contributed by atoms with Gasteiger partial charge in [-0.3, -0.25) is 9.59 Å². The van der Waals surface area contributed by atoms with Crippen molar-refractivity contribution >= 4 is 11.7 Å². The van der Waals surface area contributed by atoms with Crippen molar-refractivity contribution in [3.05, 3.63) is 81.5 Å². The van der Waals surface area contributed by atoms with Crippen molar-refractivity contribution in [2.45, 2.75) is 38.1 Å². The Labute approximate surface area is 209 Å². The molecule has 1 atom stereocenters. The van der Waals surface area contributed by atoms with Crippen molar-refractivity contribution in [3.8, 4) is 17.6 Å². The summed E-state index contributed by atoms with van der Waals surface area (Å²) in [5.74, 6) is 0.361. The van der Waals surface area contributed by atoms with E-state index in [9.17, 15) is 20.0 Å². The van der Waals surface area contributed by atoms with Gasteiger partial charge in [-0.2, -0.15) is 5.26 Å². The van der Waals surface area contributed by atoms with Crippen molar-refractivity contribution in [2.24, 2.45) is 0 Å². The summed E-state index contributed by atoms with van der Waals surface area (Å²) in [5.41, 5.74) is 0.692. The number of aromatic hydroxyl groups is 1. The average molecular weight is 489 g/mol. The number of hydrogen-bond donors (Lipinski definition) is 2. The van der Waals surface area contributed by atoms with E-state index in [0.29, 0.717) is 54.4 Å². The number of nitriles is 1. The molecule has 1 saturated heterocycles. The first-order valence-electron chi connectivity index (χ1n) is 11.8. The number of anilines is 1. The number of amides is 1. The summed E-state index contributed by atoms with van der Waals surface area (Å²) in [4.78, 5) is 31.8. The summed E-state index contributed by atoms with van der Waals surface area (Å²) in [6.45, 7) is 2.95. The molecule has 9 nitrogen and oxygen atoms in total. The standard InChI is InChI=1S/C27H28N4O5/c1-17-14-23(32)25(34)26(36-17)22(18-5-7-21(35-2)8-6-18)15-24(33)30-20-9-12-31(13-10-20)27-19(16-28)4-3-11-29-27/h3-8,11,14,20,22,34H,9-10,12-13,15H2,1-2H3,(H,30,33). The van der Waals surface area contributed by atoms with E-state index in [0.717, 1.165) is 0 Å². The van der Waals surface area contributed by atoms with E-state index in [-0.39, 0.29) is 24.1 Å². The Balaban J connectivity index is 1.48. The van der Waals surface area contributed by atoms with Gasteiger partial charge in [0.05, 0.1) is 18.6 Å². The highest BCUT2D eigenvalue weighted by Gasteiger charge is 2.28. The second-order valence-corrected chi connectivity index (χ2v) is 8.78. The molecule has 36 heavy (non-hydrogen) atoms. The molecule has 1 amide bonds. The maximum absolute atomic E-state index is 13.1. The number of rotatable bonds is 7. The third-order valence-corrected chi connectivity index (χ3v) is 6.36. The van der Waals surface area contributed by atoms with Crippen LogP contribution in [0.15, 0.2) is 57.9 Å². The van der Waals surface area contributed by atoms with Crippen LogP contribution in [-0.2, 0) is 4.79 Å². The SMILES string of the molecule is COc1ccc(C(CC(=O)NC2CCN(c3ncccc3C#N)CC2)c2oc(C)cc(=O)c2O)cc1. The first kappa shape index (κ1) is 24.8. The van der Waals surface area contributed by atoms with E-state index in [1.54, 1.807) is 56.6 Å². The first-order valence-corrected chi connectivity index (χ1v) is 11.8. The van der Waals surface area contributed by atoms with E-state index in [1.165, 1.54) is 6.07 Å². The van der Waals surface area contributed by atoms with Crippen LogP contribution in [0.4, 0.5) is 5.82 Å². The van der Waals surface area contributed by atoms with Gasteiger partial charge in [-0.1, -0.05) is 12.1 Å². The average Bonchev–Trinajstić information content (AvgIpc) is 2.90. The second-order valence-electron chi connectivity index (χ2n) is 8.78. The van der Waals surface area contributed by atoms with Gasteiger partial charge in [0.25, 0.3) is 0 Å². The van der Waals surface area contributed by atoms with Gasteiger partial charge in [0.15, 0.2) is 5.76 Å². The van der Waals surface area contributed by atoms with E-state index in [4.69, 9.17) is 9.15 Å². The summed E-state index contributed by atoms with van der Waals surface area (Å²) >= 11 is 0. The summed E-state index contributed by atoms with van der Waals surface area (Å²) in [5, 5.41) is 22.9. The number of methoxy groups -OCH3 is 1. The molecule has 0 bridgehead atoms. The van der Waals surface area contributed by atoms with Crippen molar-refractivity contribution in [1.29, 1.82) is 5.26 Å². The van der Waals surface area contributed by atoms with Crippen molar-refractivity contribution < 1.29 is 19.1 Å². The number of pyridine rings is 1. The van der Waals surface area contributed by atoms with Crippen LogP contribution in [-0.4, -0.2) is 42.2 Å². The zero-order chi connectivity index (χ0) is 25.7. The molecule has 1 aliphatic heterocycles. The van der Waals surface area contributed by atoms with Crippen LogP contribution < -0.4 is 20.4 Å². The maximum atomic E-state index is 13.1. The van der Waals surface area contributed by atoms with Gasteiger partial charge in [0.1, 0.15) is 23.4 Å². The number of carbonyl (C=O) groups is 1. The van der Waals surface area contributed by atoms with Gasteiger partial charge in [-0.05, 0) is 49.6 Å². The smallest absolute Gasteiger partial charge is 0.227 e. The molecule has 2 N–H and O–H groups in total. The number of aryl methyl sites for hydroxylation is 1. The van der Waals surface area contributed by atoms with Crippen LogP contribution in [0.1, 0.15) is 47.8 Å². The van der Waals surface area contributed by atoms with Crippen LogP contribution in [0, 0.1) is 18.3 Å². The molecule has 1 aliphatic rings. The molecule has 0 saturated carbocycles. The highest BCUT2D eigenvalue weighted by molar-refractivity contribution is 5.78. The Morgan fingerprint density at radius 3 is 2.69 bits per heavy atom. The Bertz CT molecular complexity index is 1320. The van der Waals surface area contributed by atoms with Crippen LogP contribution in [0.3, 0.4) is 0 Å². The molecular weight excluding hydrogens is 460 g/mol. The number of carbonyl (C=O) groups excluding carboxylic acids is 1. The van der Waals surface area contributed by atoms with E-state index in [1.807, 2.05) is 0 Å². The number of nitrogens with one attached hydrogen (secondary N) is 1. The highest BCUT2D eigenvalue weighted by Crippen LogP contribution is 2.34. The molecule has 3 aromatic rings. The number of hydrogen-bond acceptors (Lipinski definition) is 8. The van der Waals surface area contributed by atoms with Gasteiger partial charge < -0.3 is 24.5 Å². The van der Waals surface area contributed by atoms with Crippen molar-refractivity contribution in [3.63, 3.8) is 0 Å². The lowest BCUT2D eigenvalue weighted by molar-refractivity contribution is -0.122. The predicted molar refractivity (Wildman–Crippen MR) is 133 cm³/mol. The third kappa shape index (κ3) is 5.49. The Morgan fingerprint density at radius 1 is 1.31 bits per heavy atom. The lowest BCUT2D eigenvalue weighted by atomic mass is 9.91. The fraction of sp³-hybridized carbons (Fsp3) is 0.333. The monoisotopic (exact) mass is 488 g/mol. The predicted octanol–water partition coefficient (Wildman–Crippen LogP) is 3.24. The Hall–Kier alpha value is -4.32. The quantitative estimate of drug-likeness (QED) is 0.519. The number of piperidine rings is 1. The lowest BCUT2D eigenvalue weighted by Gasteiger charge is -2.33. The van der Waals surface area contributed by atoms with Gasteiger partial charge >= 0.3 is 0 Å². The zero-order valence-electron chi connectivity index (χ0n) is 20.2. The topological polar surface area (TPSA) is 129 Å². The summed E-state index contributed by atoms with van der Waals surface area (Å²) in [6.07, 6.45) is 3.06. The highest BCUT2D eigenvalue weighted by atomic mass is 16.5. The molecule has 3 heterocycles.